The van der Waals surface area contributed by atoms with Crippen LogP contribution in [0.1, 0.15) is 6.23 Å². The summed E-state index contributed by atoms with van der Waals surface area (Å²) in [6.45, 7) is -1.41. The Morgan fingerprint density at radius 3 is 2.42 bits per heavy atom. The summed E-state index contributed by atoms with van der Waals surface area (Å²) in [5.74, 6) is -7.50. The van der Waals surface area contributed by atoms with Gasteiger partial charge in [0.15, 0.2) is 17.3 Å². The number of nitrogens with zero attached hydrogens (tertiary/aromatic N) is 1. The molecule has 2 heterocycles. The molecule has 1 saturated heterocycles. The number of hydrogen-bond donors (Lipinski definition) is 7. The van der Waals surface area contributed by atoms with E-state index in [2.05, 4.69) is 9.17 Å². The quantitative estimate of drug-likeness (QED) is 0.138. The van der Waals surface area contributed by atoms with Gasteiger partial charge in [0.1, 0.15) is 6.61 Å². The highest BCUT2D eigenvalue weighted by Crippen LogP contribution is 2.50. The molecule has 0 aromatic carbocycles. The Kier molecular flexibility index (Phi) is 5.19. The van der Waals surface area contributed by atoms with Crippen LogP contribution >= 0.6 is 12.2 Å². The van der Waals surface area contributed by atoms with Gasteiger partial charge in [0.05, 0.1) is 6.26 Å². The monoisotopic (exact) mass is 416 g/mol. The zero-order valence-corrected chi connectivity index (χ0v) is 14.6. The zero-order chi connectivity index (χ0) is 20.1. The average molecular weight is 416 g/mol. The van der Waals surface area contributed by atoms with Gasteiger partial charge in [-0.05, 0) is 12.2 Å². The van der Waals surface area contributed by atoms with Gasteiger partial charge in [-0.2, -0.15) is 8.42 Å². The lowest BCUT2D eigenvalue weighted by molar-refractivity contribution is -0.386. The molecule has 26 heavy (non-hydrogen) atoms. The molecule has 1 aromatic heterocycles. The molecule has 7 N–H and O–H groups in total. The maximum Gasteiger partial charge on any atom is 0.268 e. The number of rotatable bonds is 5. The second kappa shape index (κ2) is 6.41. The number of nitrogens with one attached hydrogen (secondary N) is 1. The molecule has 0 spiro atoms. The number of ether oxygens (including phenoxy) is 1. The Balaban J connectivity index is 2.62. The fourth-order valence-electron chi connectivity index (χ4n) is 2.35. The maximum absolute atomic E-state index is 11.2. The minimum absolute atomic E-state index is 0.446. The first-order chi connectivity index (χ1) is 11.7. The van der Waals surface area contributed by atoms with Crippen LogP contribution in [0.25, 0.3) is 0 Å². The number of aromatic amines is 1. The molecule has 0 amide bonds. The molecule has 2 rings (SSSR count). The number of aliphatic hydroxyl groups excluding tert-OH is 1. The van der Waals surface area contributed by atoms with E-state index in [1.54, 1.807) is 0 Å². The van der Waals surface area contributed by atoms with Crippen LogP contribution in [0.3, 0.4) is 0 Å². The van der Waals surface area contributed by atoms with Gasteiger partial charge in [-0.3, -0.25) is 18.5 Å². The van der Waals surface area contributed by atoms with Gasteiger partial charge < -0.3 is 35.4 Å². The van der Waals surface area contributed by atoms with Gasteiger partial charge in [0.25, 0.3) is 27.3 Å². The topological polar surface area (TPSA) is 212 Å². The Bertz CT molecular complexity index is 903. The van der Waals surface area contributed by atoms with Gasteiger partial charge in [0.2, 0.25) is 5.60 Å². The second-order valence-electron chi connectivity index (χ2n) is 5.62. The molecule has 148 valence electrons. The first-order valence-corrected chi connectivity index (χ1v) is 8.97. The summed E-state index contributed by atoms with van der Waals surface area (Å²) in [6, 6.07) is 0.883. The molecule has 0 saturated carbocycles. The maximum atomic E-state index is 11.2. The highest BCUT2D eigenvalue weighted by molar-refractivity contribution is 7.85. The van der Waals surface area contributed by atoms with Crippen LogP contribution in [0, 0.1) is 4.77 Å². The van der Waals surface area contributed by atoms with Crippen LogP contribution < -0.4 is 5.56 Å². The lowest BCUT2D eigenvalue weighted by atomic mass is 9.89. The van der Waals surface area contributed by atoms with E-state index in [9.17, 15) is 43.9 Å². The SMILES string of the molecule is CS(=O)(=O)OC[C@]1(C(O)O)O[C@@H](n2ccc(=O)[nH]c2=S)C(O)(O)C1(O)O. The molecule has 1 fully saturated rings. The van der Waals surface area contributed by atoms with Gasteiger partial charge in [0, 0.05) is 12.3 Å². The Labute approximate surface area is 150 Å². The van der Waals surface area contributed by atoms with Crippen molar-refractivity contribution in [3.05, 3.63) is 27.4 Å². The van der Waals surface area contributed by atoms with Crippen molar-refractivity contribution in [2.45, 2.75) is 29.7 Å². The van der Waals surface area contributed by atoms with E-state index in [0.717, 1.165) is 12.3 Å². The summed E-state index contributed by atoms with van der Waals surface area (Å²) in [4.78, 5) is 13.3. The largest absolute Gasteiger partial charge is 0.366 e. The van der Waals surface area contributed by atoms with E-state index >= 15 is 0 Å². The standard InChI is InChI=1S/C11H16N2O11S2/c1-26(21,22)23-4-9(7(15)16)11(19,20)10(17,18)6(24-9)13-3-2-5(14)12-8(13)25/h2-3,6-7,15-20H,4H2,1H3,(H,12,14,25)/t6-,9-/m1/s1. The summed E-state index contributed by atoms with van der Waals surface area (Å²) < 4.78 is 31.9. The summed E-state index contributed by atoms with van der Waals surface area (Å²) in [5, 5.41) is 59.9. The van der Waals surface area contributed by atoms with Crippen LogP contribution in [0.5, 0.6) is 0 Å². The lowest BCUT2D eigenvalue weighted by Gasteiger charge is -2.39. The third-order valence-corrected chi connectivity index (χ3v) is 4.64. The Hall–Kier alpha value is -1.27. The number of hydrogen-bond acceptors (Lipinski definition) is 12. The highest BCUT2D eigenvalue weighted by Gasteiger charge is 2.77. The second-order valence-corrected chi connectivity index (χ2v) is 7.65. The minimum atomic E-state index is -4.23. The molecule has 0 aliphatic carbocycles. The molecule has 1 aliphatic heterocycles. The minimum Gasteiger partial charge on any atom is -0.366 e. The predicted octanol–water partition coefficient (Wildman–Crippen LogP) is -4.18. The fourth-order valence-corrected chi connectivity index (χ4v) is 3.00. The summed E-state index contributed by atoms with van der Waals surface area (Å²) in [7, 11) is -4.23. The van der Waals surface area contributed by atoms with E-state index in [1.807, 2.05) is 0 Å². The summed E-state index contributed by atoms with van der Waals surface area (Å²) in [5.41, 5.74) is -3.81. The predicted molar refractivity (Wildman–Crippen MR) is 82.1 cm³/mol. The lowest BCUT2D eigenvalue weighted by Crippen LogP contribution is -2.69. The number of aromatic nitrogens is 2. The van der Waals surface area contributed by atoms with Crippen molar-refractivity contribution < 1.29 is 48.0 Å². The normalized spacial score (nSPS) is 27.8. The van der Waals surface area contributed by atoms with Crippen molar-refractivity contribution in [1.29, 1.82) is 0 Å². The molecule has 0 bridgehead atoms. The van der Waals surface area contributed by atoms with E-state index in [1.165, 1.54) is 0 Å². The smallest absolute Gasteiger partial charge is 0.268 e. The fraction of sp³-hybridized carbons (Fsp3) is 0.636. The van der Waals surface area contributed by atoms with Gasteiger partial charge in [-0.25, -0.2) is 0 Å². The van der Waals surface area contributed by atoms with Crippen LogP contribution in [-0.2, 0) is 19.0 Å². The van der Waals surface area contributed by atoms with Crippen LogP contribution in [0.2, 0.25) is 0 Å². The first kappa shape index (κ1) is 21.0. The van der Waals surface area contributed by atoms with Crippen molar-refractivity contribution in [1.82, 2.24) is 9.55 Å². The molecule has 13 nitrogen and oxygen atoms in total. The molecule has 0 unspecified atom stereocenters. The highest BCUT2D eigenvalue weighted by atomic mass is 32.2. The third kappa shape index (κ3) is 3.22. The van der Waals surface area contributed by atoms with E-state index in [-0.39, 0.29) is 0 Å². The van der Waals surface area contributed by atoms with Gasteiger partial charge in [-0.1, -0.05) is 0 Å². The summed E-state index contributed by atoms with van der Waals surface area (Å²) in [6.07, 6.45) is -3.57. The van der Waals surface area contributed by atoms with Gasteiger partial charge >= 0.3 is 0 Å². The molecule has 2 atom stereocenters. The van der Waals surface area contributed by atoms with Crippen molar-refractivity contribution >= 4 is 22.3 Å². The number of aliphatic hydroxyl groups is 6. The third-order valence-electron chi connectivity index (χ3n) is 3.78. The molecule has 1 aliphatic rings. The van der Waals surface area contributed by atoms with Crippen molar-refractivity contribution in [2.24, 2.45) is 0 Å². The van der Waals surface area contributed by atoms with Crippen LogP contribution in [-0.4, -0.2) is 84.9 Å². The Morgan fingerprint density at radius 2 is 1.96 bits per heavy atom. The summed E-state index contributed by atoms with van der Waals surface area (Å²) >= 11 is 4.81. The van der Waals surface area contributed by atoms with E-state index in [4.69, 9.17) is 17.0 Å². The van der Waals surface area contributed by atoms with Crippen LogP contribution in [0.15, 0.2) is 17.1 Å². The number of H-pyrrole nitrogens is 1. The molecule has 1 aromatic rings. The van der Waals surface area contributed by atoms with Crippen molar-refractivity contribution in [2.75, 3.05) is 12.9 Å². The van der Waals surface area contributed by atoms with E-state index < -0.39 is 56.7 Å². The van der Waals surface area contributed by atoms with Gasteiger partial charge in [-0.15, -0.1) is 0 Å². The zero-order valence-electron chi connectivity index (χ0n) is 13.0. The molecular formula is C11H16N2O11S2. The molecular weight excluding hydrogens is 400 g/mol. The van der Waals surface area contributed by atoms with Crippen LogP contribution in [0.4, 0.5) is 0 Å². The van der Waals surface area contributed by atoms with Crippen molar-refractivity contribution in [3.8, 4) is 0 Å². The molecule has 0 radical (unpaired) electrons. The first-order valence-electron chi connectivity index (χ1n) is 6.75. The molecule has 15 heteroatoms. The van der Waals surface area contributed by atoms with Crippen molar-refractivity contribution in [3.63, 3.8) is 0 Å². The average Bonchev–Trinajstić information content (AvgIpc) is 2.62. The van der Waals surface area contributed by atoms with E-state index in [0.29, 0.717) is 10.8 Å². The Morgan fingerprint density at radius 1 is 1.38 bits per heavy atom.